The third-order valence-corrected chi connectivity index (χ3v) is 4.90. The molecule has 8 heteroatoms. The van der Waals surface area contributed by atoms with Crippen LogP contribution in [0.3, 0.4) is 0 Å². The molecule has 156 valence electrons. The number of furan rings is 1. The summed E-state index contributed by atoms with van der Waals surface area (Å²) in [5.41, 5.74) is 3.87. The molecule has 0 unspecified atom stereocenters. The van der Waals surface area contributed by atoms with E-state index in [9.17, 15) is 14.4 Å². The predicted molar refractivity (Wildman–Crippen MR) is 115 cm³/mol. The van der Waals surface area contributed by atoms with Crippen LogP contribution in [-0.4, -0.2) is 24.4 Å². The molecule has 1 N–H and O–H groups in total. The van der Waals surface area contributed by atoms with E-state index in [0.717, 1.165) is 0 Å². The van der Waals surface area contributed by atoms with E-state index in [2.05, 4.69) is 5.43 Å². The second-order valence-corrected chi connectivity index (χ2v) is 7.00. The number of carbonyl (C=O) groups excluding carboxylic acids is 3. The molecule has 7 nitrogen and oxygen atoms in total. The van der Waals surface area contributed by atoms with Crippen LogP contribution in [0.4, 0.5) is 5.69 Å². The molecular formula is C23H17ClN2O5. The fourth-order valence-corrected chi connectivity index (χ4v) is 3.28. The second kappa shape index (κ2) is 8.49. The van der Waals surface area contributed by atoms with Crippen LogP contribution in [0.25, 0.3) is 17.4 Å². The van der Waals surface area contributed by atoms with Gasteiger partial charge in [-0.3, -0.25) is 15.0 Å². The van der Waals surface area contributed by atoms with Crippen LogP contribution in [0.15, 0.2) is 70.7 Å². The molecule has 1 aliphatic rings. The van der Waals surface area contributed by atoms with Crippen molar-refractivity contribution in [2.75, 3.05) is 11.6 Å². The van der Waals surface area contributed by atoms with Crippen molar-refractivity contribution in [3.63, 3.8) is 0 Å². The number of hydrogen-bond acceptors (Lipinski definition) is 5. The van der Waals surface area contributed by atoms with Crippen LogP contribution in [0, 0.1) is 0 Å². The summed E-state index contributed by atoms with van der Waals surface area (Å²) in [6, 6.07) is 16.9. The molecule has 0 saturated carbocycles. The summed E-state index contributed by atoms with van der Waals surface area (Å²) < 4.78 is 10.8. The van der Waals surface area contributed by atoms with Gasteiger partial charge in [-0.2, -0.15) is 0 Å². The Morgan fingerprint density at radius 3 is 2.65 bits per heavy atom. The highest BCUT2D eigenvalue weighted by Gasteiger charge is 2.34. The molecule has 1 aliphatic heterocycles. The minimum absolute atomic E-state index is 0.0481. The van der Waals surface area contributed by atoms with Crippen LogP contribution in [0.1, 0.15) is 23.0 Å². The van der Waals surface area contributed by atoms with Crippen molar-refractivity contribution in [1.29, 1.82) is 0 Å². The van der Waals surface area contributed by atoms with Crippen molar-refractivity contribution in [2.45, 2.75) is 6.92 Å². The fraction of sp³-hybridized carbons (Fsp3) is 0.0870. The Hall–Kier alpha value is -3.84. The summed E-state index contributed by atoms with van der Waals surface area (Å²) in [7, 11) is 0. The van der Waals surface area contributed by atoms with E-state index in [1.54, 1.807) is 61.5 Å². The van der Waals surface area contributed by atoms with Crippen molar-refractivity contribution in [2.24, 2.45) is 0 Å². The number of hydrazine groups is 1. The Balaban J connectivity index is 1.60. The Morgan fingerprint density at radius 1 is 1.13 bits per heavy atom. The van der Waals surface area contributed by atoms with Gasteiger partial charge < -0.3 is 9.15 Å². The molecule has 2 aromatic carbocycles. The standard InChI is InChI=1S/C23H17ClN2O5/c1-2-30-23(29)17-12-14(8-10-19(17)24)20-11-9-16(31-20)13-18-21(27)25-26(22(18)28)15-6-4-3-5-7-15/h3-13H,2H2,1H3,(H,25,27). The average Bonchev–Trinajstić information content (AvgIpc) is 3.35. The van der Waals surface area contributed by atoms with Crippen molar-refractivity contribution < 1.29 is 23.5 Å². The van der Waals surface area contributed by atoms with E-state index < -0.39 is 17.8 Å². The number of anilines is 1. The zero-order valence-electron chi connectivity index (χ0n) is 16.4. The second-order valence-electron chi connectivity index (χ2n) is 6.59. The van der Waals surface area contributed by atoms with Gasteiger partial charge >= 0.3 is 5.97 Å². The van der Waals surface area contributed by atoms with Gasteiger partial charge in [-0.1, -0.05) is 29.8 Å². The number of nitrogens with zero attached hydrogens (tertiary/aromatic N) is 1. The van der Waals surface area contributed by atoms with Gasteiger partial charge in [0.25, 0.3) is 11.8 Å². The molecule has 1 fully saturated rings. The number of rotatable bonds is 5. The third kappa shape index (κ3) is 4.08. The number of halogens is 1. The number of para-hydroxylation sites is 1. The van der Waals surface area contributed by atoms with E-state index in [4.69, 9.17) is 20.8 Å². The quantitative estimate of drug-likeness (QED) is 0.367. The normalized spacial score (nSPS) is 14.8. The van der Waals surface area contributed by atoms with Crippen molar-refractivity contribution in [3.05, 3.63) is 82.6 Å². The number of esters is 1. The average molecular weight is 437 g/mol. The van der Waals surface area contributed by atoms with Gasteiger partial charge in [0.05, 0.1) is 22.9 Å². The van der Waals surface area contributed by atoms with Crippen molar-refractivity contribution >= 4 is 41.1 Å². The Kier molecular flexibility index (Phi) is 5.60. The molecule has 0 bridgehead atoms. The first kappa shape index (κ1) is 20.4. The molecule has 0 spiro atoms. The molecule has 3 aromatic rings. The summed E-state index contributed by atoms with van der Waals surface area (Å²) in [5.74, 6) is -0.776. The van der Waals surface area contributed by atoms with Gasteiger partial charge in [-0.15, -0.1) is 0 Å². The maximum Gasteiger partial charge on any atom is 0.339 e. The highest BCUT2D eigenvalue weighted by molar-refractivity contribution is 6.33. The van der Waals surface area contributed by atoms with Gasteiger partial charge in [-0.25, -0.2) is 9.80 Å². The van der Waals surface area contributed by atoms with Crippen molar-refractivity contribution in [3.8, 4) is 11.3 Å². The lowest BCUT2D eigenvalue weighted by molar-refractivity contribution is -0.117. The smallest absolute Gasteiger partial charge is 0.339 e. The molecule has 1 saturated heterocycles. The number of ether oxygens (including phenoxy) is 1. The molecule has 0 radical (unpaired) electrons. The maximum absolute atomic E-state index is 12.7. The molecule has 4 rings (SSSR count). The zero-order valence-corrected chi connectivity index (χ0v) is 17.2. The number of nitrogens with one attached hydrogen (secondary N) is 1. The van der Waals surface area contributed by atoms with Gasteiger partial charge in [0, 0.05) is 5.56 Å². The van der Waals surface area contributed by atoms with Gasteiger partial charge in [0.15, 0.2) is 0 Å². The van der Waals surface area contributed by atoms with Crippen LogP contribution in [0.2, 0.25) is 5.02 Å². The number of benzene rings is 2. The summed E-state index contributed by atoms with van der Waals surface area (Å²) in [6.45, 7) is 1.94. The monoisotopic (exact) mass is 436 g/mol. The first-order valence-electron chi connectivity index (χ1n) is 9.47. The lowest BCUT2D eigenvalue weighted by Crippen LogP contribution is -2.35. The minimum atomic E-state index is -0.530. The van der Waals surface area contributed by atoms with Gasteiger partial charge in [-0.05, 0) is 55.5 Å². The minimum Gasteiger partial charge on any atom is -0.462 e. The van der Waals surface area contributed by atoms with E-state index >= 15 is 0 Å². The van der Waals surface area contributed by atoms with Crippen LogP contribution in [-0.2, 0) is 14.3 Å². The third-order valence-electron chi connectivity index (χ3n) is 4.57. The molecule has 1 aromatic heterocycles. The highest BCUT2D eigenvalue weighted by atomic mass is 35.5. The van der Waals surface area contributed by atoms with Crippen LogP contribution >= 0.6 is 11.6 Å². The van der Waals surface area contributed by atoms with Gasteiger partial charge in [0.2, 0.25) is 0 Å². The SMILES string of the molecule is CCOC(=O)c1cc(-c2ccc(C=C3C(=O)NN(c4ccccc4)C3=O)o2)ccc1Cl. The van der Waals surface area contributed by atoms with E-state index in [1.165, 1.54) is 11.1 Å². The van der Waals surface area contributed by atoms with Crippen molar-refractivity contribution in [1.82, 2.24) is 5.43 Å². The molecular weight excluding hydrogens is 420 g/mol. The zero-order chi connectivity index (χ0) is 22.0. The summed E-state index contributed by atoms with van der Waals surface area (Å²) in [6.07, 6.45) is 1.38. The summed E-state index contributed by atoms with van der Waals surface area (Å²) >= 11 is 6.10. The Morgan fingerprint density at radius 2 is 1.90 bits per heavy atom. The Labute approximate surface area is 182 Å². The van der Waals surface area contributed by atoms with Gasteiger partial charge in [0.1, 0.15) is 17.1 Å². The van der Waals surface area contributed by atoms with E-state index in [0.29, 0.717) is 22.8 Å². The molecule has 0 aliphatic carbocycles. The summed E-state index contributed by atoms with van der Waals surface area (Å²) in [5, 5.41) is 1.45. The Bertz CT molecular complexity index is 1200. The molecule has 2 amide bonds. The lowest BCUT2D eigenvalue weighted by atomic mass is 10.1. The van der Waals surface area contributed by atoms with E-state index in [-0.39, 0.29) is 22.8 Å². The lowest BCUT2D eigenvalue weighted by Gasteiger charge is -2.13. The summed E-state index contributed by atoms with van der Waals surface area (Å²) in [4.78, 5) is 37.1. The molecule has 2 heterocycles. The largest absolute Gasteiger partial charge is 0.462 e. The highest BCUT2D eigenvalue weighted by Crippen LogP contribution is 2.29. The van der Waals surface area contributed by atoms with E-state index in [1.807, 2.05) is 6.07 Å². The number of amides is 2. The van der Waals surface area contributed by atoms with Crippen LogP contribution < -0.4 is 10.4 Å². The molecule has 31 heavy (non-hydrogen) atoms. The maximum atomic E-state index is 12.7. The topological polar surface area (TPSA) is 88.9 Å². The number of hydrogen-bond donors (Lipinski definition) is 1. The van der Waals surface area contributed by atoms with Crippen LogP contribution in [0.5, 0.6) is 0 Å². The molecule has 0 atom stereocenters. The fourth-order valence-electron chi connectivity index (χ4n) is 3.09. The predicted octanol–water partition coefficient (Wildman–Crippen LogP) is 4.24. The first-order chi connectivity index (χ1) is 15.0. The first-order valence-corrected chi connectivity index (χ1v) is 9.85. The number of carbonyl (C=O) groups is 3.